The Bertz CT molecular complexity index is 451. The Morgan fingerprint density at radius 2 is 2.12 bits per heavy atom. The van der Waals surface area contributed by atoms with Gasteiger partial charge in [-0.25, -0.2) is 13.4 Å². The Morgan fingerprint density at radius 1 is 1.47 bits per heavy atom. The molecular weight excluding hydrogens is 238 g/mol. The molecule has 1 aromatic rings. The highest BCUT2D eigenvalue weighted by Crippen LogP contribution is 2.18. The molecule has 1 heterocycles. The van der Waals surface area contributed by atoms with E-state index in [0.717, 1.165) is 12.1 Å². The van der Waals surface area contributed by atoms with Gasteiger partial charge in [0.25, 0.3) is 0 Å². The molecule has 0 amide bonds. The summed E-state index contributed by atoms with van der Waals surface area (Å²) in [5, 5.41) is 0. The summed E-state index contributed by atoms with van der Waals surface area (Å²) in [5.74, 6) is 0.619. The minimum absolute atomic E-state index is 0.0861. The van der Waals surface area contributed by atoms with Crippen LogP contribution in [0.15, 0.2) is 12.5 Å². The molecule has 0 aliphatic carbocycles. The largest absolute Gasteiger partial charge is 0.332 e. The fraction of sp³-hybridized carbons (Fsp3) is 0.727. The van der Waals surface area contributed by atoms with E-state index in [0.29, 0.717) is 12.5 Å². The Kier molecular flexibility index (Phi) is 4.70. The van der Waals surface area contributed by atoms with Crippen molar-refractivity contribution in [2.24, 2.45) is 11.7 Å². The zero-order valence-electron chi connectivity index (χ0n) is 10.6. The van der Waals surface area contributed by atoms with Crippen LogP contribution in [0.3, 0.4) is 0 Å². The zero-order valence-corrected chi connectivity index (χ0v) is 11.4. The predicted octanol–water partition coefficient (Wildman–Crippen LogP) is 0.974. The molecule has 0 radical (unpaired) electrons. The molecule has 0 spiro atoms. The summed E-state index contributed by atoms with van der Waals surface area (Å²) in [6.07, 6.45) is 5.46. The first kappa shape index (κ1) is 14.2. The van der Waals surface area contributed by atoms with Gasteiger partial charge in [0.2, 0.25) is 0 Å². The molecule has 0 bridgehead atoms. The maximum absolute atomic E-state index is 11.1. The topological polar surface area (TPSA) is 78.0 Å². The molecular formula is C11H21N3O2S. The smallest absolute Gasteiger partial charge is 0.149 e. The molecule has 0 fully saturated rings. The summed E-state index contributed by atoms with van der Waals surface area (Å²) in [5.41, 5.74) is 6.98. The lowest BCUT2D eigenvalue weighted by atomic mass is 10.0. The lowest BCUT2D eigenvalue weighted by Crippen LogP contribution is -2.19. The zero-order chi connectivity index (χ0) is 13.1. The number of hydrogen-bond acceptors (Lipinski definition) is 4. The van der Waals surface area contributed by atoms with E-state index in [4.69, 9.17) is 5.73 Å². The van der Waals surface area contributed by atoms with Crippen LogP contribution in [-0.4, -0.2) is 30.0 Å². The third-order valence-electron chi connectivity index (χ3n) is 2.55. The number of nitrogens with two attached hydrogens (primary N) is 1. The van der Waals surface area contributed by atoms with E-state index in [2.05, 4.69) is 18.8 Å². The molecule has 1 unspecified atom stereocenters. The number of aryl methyl sites for hydroxylation is 1. The van der Waals surface area contributed by atoms with Gasteiger partial charge in [-0.1, -0.05) is 13.8 Å². The second kappa shape index (κ2) is 5.64. The third kappa shape index (κ3) is 4.87. The Morgan fingerprint density at radius 3 is 2.65 bits per heavy atom. The number of rotatable bonds is 6. The first-order valence-electron chi connectivity index (χ1n) is 5.73. The molecule has 0 aliphatic heterocycles. The minimum Gasteiger partial charge on any atom is -0.332 e. The van der Waals surface area contributed by atoms with Crippen LogP contribution >= 0.6 is 0 Å². The molecule has 0 aromatic carbocycles. The summed E-state index contributed by atoms with van der Waals surface area (Å²) in [6.45, 7) is 4.63. The molecule has 5 nitrogen and oxygen atoms in total. The molecule has 17 heavy (non-hydrogen) atoms. The highest BCUT2D eigenvalue weighted by molar-refractivity contribution is 7.90. The van der Waals surface area contributed by atoms with Gasteiger partial charge in [-0.15, -0.1) is 0 Å². The lowest BCUT2D eigenvalue weighted by molar-refractivity contribution is 0.486. The lowest BCUT2D eigenvalue weighted by Gasteiger charge is -2.16. The summed E-state index contributed by atoms with van der Waals surface area (Å²) in [6, 6.07) is -0.0861. The molecule has 0 aliphatic rings. The predicted molar refractivity (Wildman–Crippen MR) is 68.3 cm³/mol. The first-order valence-corrected chi connectivity index (χ1v) is 7.79. The van der Waals surface area contributed by atoms with E-state index in [1.54, 1.807) is 12.5 Å². The van der Waals surface area contributed by atoms with E-state index >= 15 is 0 Å². The fourth-order valence-corrected chi connectivity index (χ4v) is 2.25. The number of hydrogen-bond donors (Lipinski definition) is 1. The Hall–Kier alpha value is -0.880. The van der Waals surface area contributed by atoms with Gasteiger partial charge in [-0.3, -0.25) is 0 Å². The van der Waals surface area contributed by atoms with Gasteiger partial charge in [0.15, 0.2) is 0 Å². The SMILES string of the molecule is CC(C)CC(N)c1cncn1CCS(C)(=O)=O. The van der Waals surface area contributed by atoms with Crippen LogP contribution < -0.4 is 5.73 Å². The number of aromatic nitrogens is 2. The van der Waals surface area contributed by atoms with Crippen LogP contribution in [0, 0.1) is 5.92 Å². The normalized spacial score (nSPS) is 14.2. The highest BCUT2D eigenvalue weighted by Gasteiger charge is 2.14. The monoisotopic (exact) mass is 259 g/mol. The van der Waals surface area contributed by atoms with Crippen molar-refractivity contribution in [2.45, 2.75) is 32.9 Å². The summed E-state index contributed by atoms with van der Waals surface area (Å²) in [4.78, 5) is 4.04. The molecule has 2 N–H and O–H groups in total. The molecule has 1 rings (SSSR count). The number of imidazole rings is 1. The van der Waals surface area contributed by atoms with Crippen molar-refractivity contribution < 1.29 is 8.42 Å². The van der Waals surface area contributed by atoms with Gasteiger partial charge >= 0.3 is 0 Å². The number of sulfone groups is 1. The van der Waals surface area contributed by atoms with Gasteiger partial charge in [0.1, 0.15) is 9.84 Å². The van der Waals surface area contributed by atoms with E-state index in [9.17, 15) is 8.42 Å². The van der Waals surface area contributed by atoms with E-state index < -0.39 is 9.84 Å². The second-order valence-corrected chi connectivity index (χ2v) is 7.14. The summed E-state index contributed by atoms with van der Waals surface area (Å²) >= 11 is 0. The van der Waals surface area contributed by atoms with Gasteiger partial charge in [0.05, 0.1) is 17.8 Å². The quantitative estimate of drug-likeness (QED) is 0.826. The molecule has 1 aromatic heterocycles. The van der Waals surface area contributed by atoms with Crippen LogP contribution in [-0.2, 0) is 16.4 Å². The van der Waals surface area contributed by atoms with Crippen molar-refractivity contribution in [3.8, 4) is 0 Å². The maximum atomic E-state index is 11.1. The van der Waals surface area contributed by atoms with E-state index in [-0.39, 0.29) is 11.8 Å². The van der Waals surface area contributed by atoms with Crippen LogP contribution in [0.2, 0.25) is 0 Å². The van der Waals surface area contributed by atoms with Gasteiger partial charge in [-0.05, 0) is 12.3 Å². The van der Waals surface area contributed by atoms with Crippen molar-refractivity contribution in [3.05, 3.63) is 18.2 Å². The molecule has 1 atom stereocenters. The average molecular weight is 259 g/mol. The minimum atomic E-state index is -2.96. The molecule has 98 valence electrons. The Labute approximate surface area is 103 Å². The van der Waals surface area contributed by atoms with Crippen LogP contribution in [0.4, 0.5) is 0 Å². The van der Waals surface area contributed by atoms with Gasteiger partial charge < -0.3 is 10.3 Å². The van der Waals surface area contributed by atoms with E-state index in [1.165, 1.54) is 6.26 Å². The van der Waals surface area contributed by atoms with Crippen LogP contribution in [0.1, 0.15) is 32.0 Å². The third-order valence-corrected chi connectivity index (χ3v) is 3.48. The average Bonchev–Trinajstić information content (AvgIpc) is 2.60. The van der Waals surface area contributed by atoms with Crippen molar-refractivity contribution in [1.82, 2.24) is 9.55 Å². The van der Waals surface area contributed by atoms with E-state index in [1.807, 2.05) is 4.57 Å². The fourth-order valence-electron chi connectivity index (χ4n) is 1.72. The van der Waals surface area contributed by atoms with Crippen molar-refractivity contribution in [3.63, 3.8) is 0 Å². The van der Waals surface area contributed by atoms with Gasteiger partial charge in [-0.2, -0.15) is 0 Å². The summed E-state index contributed by atoms with van der Waals surface area (Å²) < 4.78 is 24.1. The molecule has 0 saturated carbocycles. The number of nitrogens with zero attached hydrogens (tertiary/aromatic N) is 2. The van der Waals surface area contributed by atoms with Gasteiger partial charge in [0, 0.05) is 25.0 Å². The molecule has 0 saturated heterocycles. The van der Waals surface area contributed by atoms with Crippen LogP contribution in [0.25, 0.3) is 0 Å². The van der Waals surface area contributed by atoms with Crippen LogP contribution in [0.5, 0.6) is 0 Å². The molecule has 6 heteroatoms. The van der Waals surface area contributed by atoms with Crippen molar-refractivity contribution >= 4 is 9.84 Å². The summed E-state index contributed by atoms with van der Waals surface area (Å²) in [7, 11) is -2.96. The standard InChI is InChI=1S/C11H21N3O2S/c1-9(2)6-10(12)11-7-13-8-14(11)4-5-17(3,15)16/h7-10H,4-6,12H2,1-3H3. The van der Waals surface area contributed by atoms with Crippen molar-refractivity contribution in [2.75, 3.05) is 12.0 Å². The first-order chi connectivity index (χ1) is 7.79. The van der Waals surface area contributed by atoms with Crippen molar-refractivity contribution in [1.29, 1.82) is 0 Å². The maximum Gasteiger partial charge on any atom is 0.149 e. The second-order valence-electron chi connectivity index (χ2n) is 4.88. The highest BCUT2D eigenvalue weighted by atomic mass is 32.2. The Balaban J connectivity index is 2.72.